The van der Waals surface area contributed by atoms with E-state index in [-0.39, 0.29) is 18.5 Å². The number of nitrogens with one attached hydrogen (secondary N) is 1. The summed E-state index contributed by atoms with van der Waals surface area (Å²) >= 11 is 0. The summed E-state index contributed by atoms with van der Waals surface area (Å²) in [6.45, 7) is 4.96. The van der Waals surface area contributed by atoms with Gasteiger partial charge in [-0.2, -0.15) is 0 Å². The summed E-state index contributed by atoms with van der Waals surface area (Å²) in [4.78, 5) is 24.6. The summed E-state index contributed by atoms with van der Waals surface area (Å²) in [6, 6.07) is -0.546. The molecule has 0 saturated carbocycles. The van der Waals surface area contributed by atoms with Crippen LogP contribution in [0.15, 0.2) is 12.2 Å². The molecule has 2 unspecified atom stereocenters. The Hall–Kier alpha value is -1.40. The molecule has 0 rings (SSSR count). The number of allylic oxidation sites excluding steroid dienone is 2. The monoisotopic (exact) mass is 1020 g/mol. The lowest BCUT2D eigenvalue weighted by atomic mass is 10.0. The molecule has 6 heteroatoms. The van der Waals surface area contributed by atoms with Gasteiger partial charge in [0.2, 0.25) is 5.91 Å². The molecule has 6 nitrogen and oxygen atoms in total. The van der Waals surface area contributed by atoms with Crippen molar-refractivity contribution in [2.75, 3.05) is 13.2 Å². The second-order valence-corrected chi connectivity index (χ2v) is 22.8. The summed E-state index contributed by atoms with van der Waals surface area (Å²) < 4.78 is 5.48. The van der Waals surface area contributed by atoms with Crippen LogP contribution >= 0.6 is 0 Å². The van der Waals surface area contributed by atoms with Crippen LogP contribution in [0.4, 0.5) is 0 Å². The highest BCUT2D eigenvalue weighted by molar-refractivity contribution is 5.76. The number of esters is 1. The molecule has 0 aromatic heterocycles. The number of hydrogen-bond donors (Lipinski definition) is 3. The van der Waals surface area contributed by atoms with Crippen LogP contribution < -0.4 is 5.32 Å². The summed E-state index contributed by atoms with van der Waals surface area (Å²) in [5.41, 5.74) is 0. The van der Waals surface area contributed by atoms with Crippen LogP contribution in [0, 0.1) is 0 Å². The van der Waals surface area contributed by atoms with Crippen LogP contribution in [0.2, 0.25) is 0 Å². The van der Waals surface area contributed by atoms with Crippen LogP contribution in [0.5, 0.6) is 0 Å². The third-order valence-corrected chi connectivity index (χ3v) is 15.6. The third-order valence-electron chi connectivity index (χ3n) is 15.6. The predicted octanol–water partition coefficient (Wildman–Crippen LogP) is 20.8. The molecule has 2 atom stereocenters. The molecule has 0 spiro atoms. The number of hydrogen-bond acceptors (Lipinski definition) is 5. The second kappa shape index (κ2) is 62.1. The van der Waals surface area contributed by atoms with Crippen molar-refractivity contribution < 1.29 is 24.5 Å². The van der Waals surface area contributed by atoms with E-state index < -0.39 is 12.1 Å². The normalized spacial score (nSPS) is 12.6. The first-order chi connectivity index (χ1) is 35.5. The van der Waals surface area contributed by atoms with Crippen molar-refractivity contribution in [1.29, 1.82) is 0 Å². The highest BCUT2D eigenvalue weighted by Crippen LogP contribution is 2.19. The number of carbonyl (C=O) groups excluding carboxylic acids is 2. The Bertz CT molecular complexity index is 1080. The molecular formula is C66H129NO5. The minimum absolute atomic E-state index is 0.00186. The van der Waals surface area contributed by atoms with Gasteiger partial charge in [0.15, 0.2) is 0 Å². The van der Waals surface area contributed by atoms with E-state index in [1.807, 2.05) is 0 Å². The number of aliphatic hydroxyl groups is 2. The summed E-state index contributed by atoms with van der Waals surface area (Å²) in [5, 5.41) is 23.4. The lowest BCUT2D eigenvalue weighted by Crippen LogP contribution is -2.45. The fraction of sp³-hybridized carbons (Fsp3) is 0.939. The van der Waals surface area contributed by atoms with Crippen molar-refractivity contribution >= 4 is 11.9 Å². The first-order valence-corrected chi connectivity index (χ1v) is 32.9. The van der Waals surface area contributed by atoms with E-state index in [1.54, 1.807) is 0 Å². The number of unbranched alkanes of at least 4 members (excludes halogenated alkanes) is 49. The standard InChI is InChI=1S/C66H129NO5/c1-3-5-7-9-11-13-15-17-19-20-21-22-23-24-25-26-28-31-34-38-42-46-50-54-58-64(69)63(62-68)67-65(70)59-55-51-47-43-39-35-32-29-27-30-33-37-41-45-49-53-57-61-72-66(71)60-56-52-48-44-40-36-18-16-14-12-10-8-6-4-2/h16,18,63-64,68-69H,3-15,17,19-62H2,1-2H3,(H,67,70)/b18-16-. The minimum Gasteiger partial charge on any atom is -0.466 e. The number of carbonyl (C=O) groups is 2. The van der Waals surface area contributed by atoms with E-state index in [9.17, 15) is 19.8 Å². The van der Waals surface area contributed by atoms with Crippen LogP contribution in [0.1, 0.15) is 373 Å². The zero-order chi connectivity index (χ0) is 52.2. The highest BCUT2D eigenvalue weighted by Gasteiger charge is 2.20. The average Bonchev–Trinajstić information content (AvgIpc) is 3.38. The Balaban J connectivity index is 3.41. The molecular weight excluding hydrogens is 887 g/mol. The van der Waals surface area contributed by atoms with E-state index in [0.29, 0.717) is 25.9 Å². The van der Waals surface area contributed by atoms with Crippen LogP contribution in [-0.2, 0) is 14.3 Å². The van der Waals surface area contributed by atoms with Crippen molar-refractivity contribution in [3.05, 3.63) is 12.2 Å². The first-order valence-electron chi connectivity index (χ1n) is 32.9. The van der Waals surface area contributed by atoms with Gasteiger partial charge in [-0.05, 0) is 51.4 Å². The molecule has 1 amide bonds. The van der Waals surface area contributed by atoms with E-state index in [1.165, 1.54) is 295 Å². The lowest BCUT2D eigenvalue weighted by molar-refractivity contribution is -0.143. The molecule has 0 radical (unpaired) electrons. The number of amides is 1. The van der Waals surface area contributed by atoms with Crippen molar-refractivity contribution in [3.8, 4) is 0 Å². The maximum Gasteiger partial charge on any atom is 0.305 e. The second-order valence-electron chi connectivity index (χ2n) is 22.8. The Morgan fingerprint density at radius 1 is 0.375 bits per heavy atom. The van der Waals surface area contributed by atoms with E-state index in [0.717, 1.165) is 44.9 Å². The van der Waals surface area contributed by atoms with Gasteiger partial charge in [-0.25, -0.2) is 0 Å². The van der Waals surface area contributed by atoms with Crippen LogP contribution in [-0.4, -0.2) is 47.4 Å². The molecule has 0 aliphatic carbocycles. The third kappa shape index (κ3) is 57.9. The highest BCUT2D eigenvalue weighted by atomic mass is 16.5. The molecule has 0 saturated heterocycles. The van der Waals surface area contributed by atoms with E-state index in [2.05, 4.69) is 31.3 Å². The van der Waals surface area contributed by atoms with Crippen LogP contribution in [0.3, 0.4) is 0 Å². The fourth-order valence-corrected chi connectivity index (χ4v) is 10.5. The van der Waals surface area contributed by atoms with Gasteiger partial charge in [0, 0.05) is 12.8 Å². The molecule has 0 aromatic rings. The van der Waals surface area contributed by atoms with E-state index in [4.69, 9.17) is 4.74 Å². The maximum absolute atomic E-state index is 12.5. The van der Waals surface area contributed by atoms with Crippen molar-refractivity contribution in [1.82, 2.24) is 5.32 Å². The first kappa shape index (κ1) is 70.6. The van der Waals surface area contributed by atoms with Gasteiger partial charge in [-0.3, -0.25) is 9.59 Å². The predicted molar refractivity (Wildman–Crippen MR) is 315 cm³/mol. The molecule has 0 fully saturated rings. The minimum atomic E-state index is -0.669. The summed E-state index contributed by atoms with van der Waals surface area (Å²) in [5.74, 6) is -0.0376. The molecule has 0 aliphatic heterocycles. The van der Waals surface area contributed by atoms with Gasteiger partial charge < -0.3 is 20.3 Å². The lowest BCUT2D eigenvalue weighted by Gasteiger charge is -2.22. The smallest absolute Gasteiger partial charge is 0.305 e. The Morgan fingerprint density at radius 3 is 0.986 bits per heavy atom. The quantitative estimate of drug-likeness (QED) is 0.0320. The Kier molecular flexibility index (Phi) is 60.9. The number of aliphatic hydroxyl groups excluding tert-OH is 2. The maximum atomic E-state index is 12.5. The van der Waals surface area contributed by atoms with Gasteiger partial charge in [0.25, 0.3) is 0 Å². The zero-order valence-corrected chi connectivity index (χ0v) is 48.9. The van der Waals surface area contributed by atoms with Gasteiger partial charge in [-0.1, -0.05) is 321 Å². The van der Waals surface area contributed by atoms with Crippen molar-refractivity contribution in [2.45, 2.75) is 386 Å². The molecule has 0 aliphatic rings. The van der Waals surface area contributed by atoms with E-state index >= 15 is 0 Å². The van der Waals surface area contributed by atoms with Crippen LogP contribution in [0.25, 0.3) is 0 Å². The topological polar surface area (TPSA) is 95.9 Å². The molecule has 0 aromatic carbocycles. The molecule has 0 heterocycles. The fourth-order valence-electron chi connectivity index (χ4n) is 10.5. The zero-order valence-electron chi connectivity index (χ0n) is 48.9. The van der Waals surface area contributed by atoms with Crippen molar-refractivity contribution in [2.24, 2.45) is 0 Å². The molecule has 428 valence electrons. The van der Waals surface area contributed by atoms with Gasteiger partial charge >= 0.3 is 5.97 Å². The Labute approximate surface area is 450 Å². The van der Waals surface area contributed by atoms with Gasteiger partial charge in [0.05, 0.1) is 25.4 Å². The number of rotatable bonds is 62. The Morgan fingerprint density at radius 2 is 0.653 bits per heavy atom. The van der Waals surface area contributed by atoms with Gasteiger partial charge in [-0.15, -0.1) is 0 Å². The molecule has 72 heavy (non-hydrogen) atoms. The summed E-state index contributed by atoms with van der Waals surface area (Å²) in [7, 11) is 0. The summed E-state index contributed by atoms with van der Waals surface area (Å²) in [6.07, 6.45) is 75.1. The average molecular weight is 1020 g/mol. The SMILES string of the molecule is CCCCCCC/C=C\CCCCCCCC(=O)OCCCCCCCCCCCCCCCCCCCC(=O)NC(CO)C(O)CCCCCCCCCCCCCCCCCCCCCCCCCC. The van der Waals surface area contributed by atoms with Gasteiger partial charge in [0.1, 0.15) is 0 Å². The largest absolute Gasteiger partial charge is 0.466 e. The molecule has 3 N–H and O–H groups in total. The molecule has 0 bridgehead atoms. The number of ether oxygens (including phenoxy) is 1. The van der Waals surface area contributed by atoms with Crippen molar-refractivity contribution in [3.63, 3.8) is 0 Å².